The van der Waals surface area contributed by atoms with E-state index >= 15 is 0 Å². The van der Waals surface area contributed by atoms with Gasteiger partial charge < -0.3 is 10.0 Å². The zero-order chi connectivity index (χ0) is 12.5. The summed E-state index contributed by atoms with van der Waals surface area (Å²) in [6, 6.07) is 7.66. The molecule has 0 spiro atoms. The number of benzene rings is 1. The summed E-state index contributed by atoms with van der Waals surface area (Å²) in [7, 11) is 0. The lowest BCUT2D eigenvalue weighted by molar-refractivity contribution is -0.135. The third-order valence-corrected chi connectivity index (χ3v) is 2.90. The van der Waals surface area contributed by atoms with Gasteiger partial charge in [-0.05, 0) is 25.0 Å². The second-order valence-corrected chi connectivity index (χ2v) is 4.35. The summed E-state index contributed by atoms with van der Waals surface area (Å²) in [4.78, 5) is 17.0. The van der Waals surface area contributed by atoms with E-state index in [0.717, 1.165) is 18.4 Å². The SMILES string of the molecule is O=C(O)CN(c1nnc2ccccc2n1)C1CC1. The molecule has 0 aliphatic heterocycles. The highest BCUT2D eigenvalue weighted by atomic mass is 16.4. The Kier molecular flexibility index (Phi) is 2.55. The number of nitrogens with zero attached hydrogens (tertiary/aromatic N) is 4. The summed E-state index contributed by atoms with van der Waals surface area (Å²) in [6.45, 7) is -0.0787. The quantitative estimate of drug-likeness (QED) is 0.866. The van der Waals surface area contributed by atoms with E-state index in [-0.39, 0.29) is 12.6 Å². The molecule has 2 aromatic rings. The van der Waals surface area contributed by atoms with E-state index in [1.165, 1.54) is 0 Å². The lowest BCUT2D eigenvalue weighted by Crippen LogP contribution is -2.33. The Morgan fingerprint density at radius 2 is 2.00 bits per heavy atom. The van der Waals surface area contributed by atoms with Crippen LogP contribution in [0.15, 0.2) is 24.3 Å². The van der Waals surface area contributed by atoms with Gasteiger partial charge in [-0.1, -0.05) is 12.1 Å². The van der Waals surface area contributed by atoms with Gasteiger partial charge >= 0.3 is 5.97 Å². The third-order valence-electron chi connectivity index (χ3n) is 2.90. The highest BCUT2D eigenvalue weighted by molar-refractivity contribution is 5.76. The smallest absolute Gasteiger partial charge is 0.323 e. The van der Waals surface area contributed by atoms with Crippen LogP contribution in [0.5, 0.6) is 0 Å². The molecule has 6 heteroatoms. The van der Waals surface area contributed by atoms with Gasteiger partial charge in [0, 0.05) is 6.04 Å². The number of carboxylic acids is 1. The number of aliphatic carboxylic acids is 1. The molecule has 3 rings (SSSR count). The van der Waals surface area contributed by atoms with Gasteiger partial charge in [-0.15, -0.1) is 10.2 Å². The van der Waals surface area contributed by atoms with Crippen molar-refractivity contribution in [2.75, 3.05) is 11.4 Å². The molecule has 1 saturated carbocycles. The van der Waals surface area contributed by atoms with E-state index in [1.54, 1.807) is 4.90 Å². The first-order valence-corrected chi connectivity index (χ1v) is 5.82. The fraction of sp³-hybridized carbons (Fsp3) is 0.333. The van der Waals surface area contributed by atoms with Crippen molar-refractivity contribution in [1.82, 2.24) is 15.2 Å². The molecule has 0 unspecified atom stereocenters. The zero-order valence-corrected chi connectivity index (χ0v) is 9.65. The van der Waals surface area contributed by atoms with Gasteiger partial charge in [0.05, 0.1) is 5.52 Å². The molecule has 1 aliphatic carbocycles. The molecule has 0 atom stereocenters. The molecule has 0 amide bonds. The Labute approximate surface area is 103 Å². The monoisotopic (exact) mass is 244 g/mol. The molecule has 1 aliphatic rings. The van der Waals surface area contributed by atoms with Crippen LogP contribution in [0.25, 0.3) is 11.0 Å². The summed E-state index contributed by atoms with van der Waals surface area (Å²) < 4.78 is 0. The number of fused-ring (bicyclic) bond motifs is 1. The molecule has 1 aromatic carbocycles. The van der Waals surface area contributed by atoms with Crippen LogP contribution in [0.3, 0.4) is 0 Å². The van der Waals surface area contributed by atoms with Gasteiger partial charge in [-0.3, -0.25) is 4.79 Å². The van der Waals surface area contributed by atoms with E-state index in [0.29, 0.717) is 11.5 Å². The van der Waals surface area contributed by atoms with E-state index < -0.39 is 5.97 Å². The predicted octanol–water partition coefficient (Wildman–Crippen LogP) is 1.08. The van der Waals surface area contributed by atoms with E-state index in [1.807, 2.05) is 24.3 Å². The van der Waals surface area contributed by atoms with Crippen LogP contribution in [-0.2, 0) is 4.79 Å². The summed E-state index contributed by atoms with van der Waals surface area (Å²) in [6.07, 6.45) is 1.98. The van der Waals surface area contributed by atoms with Crippen molar-refractivity contribution in [3.05, 3.63) is 24.3 Å². The first kappa shape index (κ1) is 10.9. The number of aromatic nitrogens is 3. The Morgan fingerprint density at radius 3 is 2.67 bits per heavy atom. The maximum atomic E-state index is 10.9. The fourth-order valence-electron chi connectivity index (χ4n) is 1.89. The van der Waals surface area contributed by atoms with Crippen LogP contribution in [-0.4, -0.2) is 38.8 Å². The van der Waals surface area contributed by atoms with Crippen LogP contribution in [0.4, 0.5) is 5.95 Å². The van der Waals surface area contributed by atoms with Gasteiger partial charge in [0.25, 0.3) is 0 Å². The molecule has 0 radical (unpaired) electrons. The Balaban J connectivity index is 1.98. The number of hydrogen-bond acceptors (Lipinski definition) is 5. The normalized spacial score (nSPS) is 14.7. The highest BCUT2D eigenvalue weighted by Crippen LogP contribution is 2.29. The molecule has 6 nitrogen and oxygen atoms in total. The number of carbonyl (C=O) groups is 1. The molecular formula is C12H12N4O2. The molecule has 1 fully saturated rings. The van der Waals surface area contributed by atoms with Crippen LogP contribution >= 0.6 is 0 Å². The Bertz CT molecular complexity index is 597. The van der Waals surface area contributed by atoms with Crippen molar-refractivity contribution in [3.8, 4) is 0 Å². The van der Waals surface area contributed by atoms with Crippen LogP contribution in [0.1, 0.15) is 12.8 Å². The van der Waals surface area contributed by atoms with Gasteiger partial charge in [0.1, 0.15) is 12.1 Å². The standard InChI is InChI=1S/C12H12N4O2/c17-11(18)7-16(8-5-6-8)12-13-9-3-1-2-4-10(9)14-15-12/h1-4,8H,5-7H2,(H,17,18). The zero-order valence-electron chi connectivity index (χ0n) is 9.65. The van der Waals surface area contributed by atoms with Crippen molar-refractivity contribution >= 4 is 23.0 Å². The molecule has 0 bridgehead atoms. The van der Waals surface area contributed by atoms with Crippen LogP contribution in [0.2, 0.25) is 0 Å². The fourth-order valence-corrected chi connectivity index (χ4v) is 1.89. The second-order valence-electron chi connectivity index (χ2n) is 4.35. The average Bonchev–Trinajstić information content (AvgIpc) is 3.19. The first-order valence-electron chi connectivity index (χ1n) is 5.82. The number of hydrogen-bond donors (Lipinski definition) is 1. The van der Waals surface area contributed by atoms with Gasteiger partial charge in [-0.25, -0.2) is 4.98 Å². The molecule has 1 heterocycles. The minimum atomic E-state index is -0.876. The average molecular weight is 244 g/mol. The molecule has 18 heavy (non-hydrogen) atoms. The van der Waals surface area contributed by atoms with Crippen molar-refractivity contribution in [3.63, 3.8) is 0 Å². The van der Waals surface area contributed by atoms with Gasteiger partial charge in [0.2, 0.25) is 5.95 Å². The maximum absolute atomic E-state index is 10.9. The second kappa shape index (κ2) is 4.21. The van der Waals surface area contributed by atoms with Crippen molar-refractivity contribution in [2.24, 2.45) is 0 Å². The molecule has 1 aromatic heterocycles. The number of para-hydroxylation sites is 1. The van der Waals surface area contributed by atoms with Crippen LogP contribution < -0.4 is 4.90 Å². The van der Waals surface area contributed by atoms with Gasteiger partial charge in [0.15, 0.2) is 0 Å². The minimum absolute atomic E-state index is 0.0787. The Hall–Kier alpha value is -2.24. The summed E-state index contributed by atoms with van der Waals surface area (Å²) in [5.41, 5.74) is 1.45. The highest BCUT2D eigenvalue weighted by Gasteiger charge is 2.32. The van der Waals surface area contributed by atoms with Gasteiger partial charge in [-0.2, -0.15) is 0 Å². The lowest BCUT2D eigenvalue weighted by atomic mass is 10.3. The molecule has 1 N–H and O–H groups in total. The minimum Gasteiger partial charge on any atom is -0.480 e. The largest absolute Gasteiger partial charge is 0.480 e. The number of anilines is 1. The van der Waals surface area contributed by atoms with Crippen molar-refractivity contribution in [2.45, 2.75) is 18.9 Å². The lowest BCUT2D eigenvalue weighted by Gasteiger charge is -2.19. The first-order chi connectivity index (χ1) is 8.74. The van der Waals surface area contributed by atoms with Crippen molar-refractivity contribution < 1.29 is 9.90 Å². The summed E-state index contributed by atoms with van der Waals surface area (Å²) in [5, 5.41) is 17.0. The van der Waals surface area contributed by atoms with E-state index in [9.17, 15) is 4.79 Å². The Morgan fingerprint density at radius 1 is 1.28 bits per heavy atom. The predicted molar refractivity (Wildman–Crippen MR) is 65.3 cm³/mol. The molecule has 0 saturated heterocycles. The van der Waals surface area contributed by atoms with Crippen molar-refractivity contribution in [1.29, 1.82) is 0 Å². The molecule has 92 valence electrons. The molecular weight excluding hydrogens is 232 g/mol. The third kappa shape index (κ3) is 2.09. The van der Waals surface area contributed by atoms with E-state index in [2.05, 4.69) is 15.2 Å². The maximum Gasteiger partial charge on any atom is 0.323 e. The van der Waals surface area contributed by atoms with Crippen LogP contribution in [0, 0.1) is 0 Å². The van der Waals surface area contributed by atoms with E-state index in [4.69, 9.17) is 5.11 Å². The number of carboxylic acid groups (broad SMARTS) is 1. The topological polar surface area (TPSA) is 79.2 Å². The number of rotatable bonds is 4. The summed E-state index contributed by atoms with van der Waals surface area (Å²) >= 11 is 0. The summed E-state index contributed by atoms with van der Waals surface area (Å²) in [5.74, 6) is -0.475.